The first-order chi connectivity index (χ1) is 17.6. The van der Waals surface area contributed by atoms with Crippen LogP contribution in [0.1, 0.15) is 49.4 Å². The second kappa shape index (κ2) is 9.03. The fourth-order valence-corrected chi connectivity index (χ4v) is 5.20. The zero-order valence-electron chi connectivity index (χ0n) is 20.0. The van der Waals surface area contributed by atoms with Crippen LogP contribution in [0.25, 0.3) is 28.0 Å². The van der Waals surface area contributed by atoms with Crippen molar-refractivity contribution in [3.05, 3.63) is 87.1 Å². The highest BCUT2D eigenvalue weighted by molar-refractivity contribution is 5.73. The molecule has 0 atom stereocenters. The van der Waals surface area contributed by atoms with Gasteiger partial charge in [0.2, 0.25) is 0 Å². The third-order valence-electron chi connectivity index (χ3n) is 7.11. The van der Waals surface area contributed by atoms with Crippen LogP contribution in [0.4, 0.5) is 0 Å². The molecule has 0 unspecified atom stereocenters. The van der Waals surface area contributed by atoms with Crippen LogP contribution < -0.4 is 11.2 Å². The number of H-pyrrole nitrogens is 1. The minimum atomic E-state index is -0.446. The van der Waals surface area contributed by atoms with E-state index in [2.05, 4.69) is 44.8 Å². The molecule has 6 rings (SSSR count). The molecule has 36 heavy (non-hydrogen) atoms. The Labute approximate surface area is 206 Å². The van der Waals surface area contributed by atoms with Crippen molar-refractivity contribution in [2.75, 3.05) is 0 Å². The van der Waals surface area contributed by atoms with Crippen molar-refractivity contribution in [3.8, 4) is 16.8 Å². The maximum absolute atomic E-state index is 13.1. The number of aromatic amines is 1. The van der Waals surface area contributed by atoms with E-state index in [0.29, 0.717) is 17.7 Å². The number of nitrogens with zero attached hydrogens (tertiary/aromatic N) is 7. The van der Waals surface area contributed by atoms with E-state index in [9.17, 15) is 9.59 Å². The summed E-state index contributed by atoms with van der Waals surface area (Å²) in [4.78, 5) is 32.9. The highest BCUT2D eigenvalue weighted by Gasteiger charge is 2.25. The predicted octanol–water partition coefficient (Wildman–Crippen LogP) is 3.16. The molecule has 0 radical (unpaired) electrons. The Morgan fingerprint density at radius 2 is 1.78 bits per heavy atom. The van der Waals surface area contributed by atoms with E-state index in [1.165, 1.54) is 13.5 Å². The van der Waals surface area contributed by atoms with Gasteiger partial charge in [-0.2, -0.15) is 4.68 Å². The van der Waals surface area contributed by atoms with E-state index in [-0.39, 0.29) is 11.5 Å². The van der Waals surface area contributed by atoms with E-state index in [1.807, 2.05) is 28.8 Å². The SMILES string of the molecule is Cn1c(=O)[nH]c2nc(C3CCCCC3)n(Cc3ccc(-c4ccccc4-n4cnnn4)cc3)c2c1=O. The summed E-state index contributed by atoms with van der Waals surface area (Å²) in [6.45, 7) is 0.499. The average molecular weight is 483 g/mol. The molecule has 0 bridgehead atoms. The quantitative estimate of drug-likeness (QED) is 0.411. The number of tetrazole rings is 1. The summed E-state index contributed by atoms with van der Waals surface area (Å²) in [7, 11) is 1.50. The first kappa shape index (κ1) is 22.1. The Kier molecular flexibility index (Phi) is 5.55. The van der Waals surface area contributed by atoms with Crippen molar-refractivity contribution in [2.45, 2.75) is 44.6 Å². The van der Waals surface area contributed by atoms with E-state index < -0.39 is 5.69 Å². The lowest BCUT2D eigenvalue weighted by molar-refractivity contribution is 0.420. The Bertz CT molecular complexity index is 1640. The maximum Gasteiger partial charge on any atom is 0.329 e. The summed E-state index contributed by atoms with van der Waals surface area (Å²) in [5, 5.41) is 11.5. The van der Waals surface area contributed by atoms with Crippen molar-refractivity contribution in [3.63, 3.8) is 0 Å². The van der Waals surface area contributed by atoms with Gasteiger partial charge >= 0.3 is 5.69 Å². The molecule has 1 N–H and O–H groups in total. The number of rotatable bonds is 5. The van der Waals surface area contributed by atoms with Crippen LogP contribution in [0.2, 0.25) is 0 Å². The van der Waals surface area contributed by atoms with Crippen molar-refractivity contribution >= 4 is 11.2 Å². The number of benzene rings is 2. The number of hydrogen-bond acceptors (Lipinski definition) is 6. The number of aromatic nitrogens is 8. The second-order valence-electron chi connectivity index (χ2n) is 9.35. The van der Waals surface area contributed by atoms with E-state index >= 15 is 0 Å². The molecule has 1 aliphatic rings. The summed E-state index contributed by atoms with van der Waals surface area (Å²) in [5.74, 6) is 1.17. The molecule has 0 amide bonds. The third-order valence-corrected chi connectivity index (χ3v) is 7.11. The van der Waals surface area contributed by atoms with Crippen LogP contribution in [0, 0.1) is 0 Å². The van der Waals surface area contributed by atoms with Gasteiger partial charge in [-0.05, 0) is 40.5 Å². The molecule has 1 saturated carbocycles. The Hall–Kier alpha value is -4.34. The zero-order chi connectivity index (χ0) is 24.6. The minimum absolute atomic E-state index is 0.279. The highest BCUT2D eigenvalue weighted by atomic mass is 16.2. The Morgan fingerprint density at radius 3 is 2.53 bits per heavy atom. The van der Waals surface area contributed by atoms with Crippen molar-refractivity contribution in [1.82, 2.24) is 39.3 Å². The van der Waals surface area contributed by atoms with Gasteiger partial charge in [-0.15, -0.1) is 5.10 Å². The lowest BCUT2D eigenvalue weighted by Gasteiger charge is -2.22. The molecule has 10 nitrogen and oxygen atoms in total. The van der Waals surface area contributed by atoms with Crippen molar-refractivity contribution < 1.29 is 0 Å². The third kappa shape index (κ3) is 3.84. The summed E-state index contributed by atoms with van der Waals surface area (Å²) in [6.07, 6.45) is 7.19. The van der Waals surface area contributed by atoms with Gasteiger partial charge in [0.25, 0.3) is 5.56 Å². The topological polar surface area (TPSA) is 116 Å². The highest BCUT2D eigenvalue weighted by Crippen LogP contribution is 2.33. The van der Waals surface area contributed by atoms with Gasteiger partial charge in [-0.3, -0.25) is 14.3 Å². The van der Waals surface area contributed by atoms with Crippen LogP contribution in [0.5, 0.6) is 0 Å². The normalized spacial score (nSPS) is 14.5. The molecule has 182 valence electrons. The molecule has 3 aromatic heterocycles. The Morgan fingerprint density at radius 1 is 1.00 bits per heavy atom. The van der Waals surface area contributed by atoms with Crippen LogP contribution in [0.15, 0.2) is 64.4 Å². The van der Waals surface area contributed by atoms with Gasteiger partial charge < -0.3 is 4.57 Å². The summed E-state index contributed by atoms with van der Waals surface area (Å²) < 4.78 is 4.77. The monoisotopic (exact) mass is 482 g/mol. The van der Waals surface area contributed by atoms with Gasteiger partial charge in [0.05, 0.1) is 5.69 Å². The largest absolute Gasteiger partial charge is 0.329 e. The van der Waals surface area contributed by atoms with Crippen LogP contribution >= 0.6 is 0 Å². The predicted molar refractivity (Wildman–Crippen MR) is 135 cm³/mol. The fourth-order valence-electron chi connectivity index (χ4n) is 5.20. The zero-order valence-corrected chi connectivity index (χ0v) is 20.0. The van der Waals surface area contributed by atoms with E-state index in [0.717, 1.165) is 58.5 Å². The van der Waals surface area contributed by atoms with Crippen molar-refractivity contribution in [1.29, 1.82) is 0 Å². The van der Waals surface area contributed by atoms with Crippen LogP contribution in [-0.2, 0) is 13.6 Å². The molecule has 3 heterocycles. The molecule has 0 aliphatic heterocycles. The molecule has 1 fully saturated rings. The fraction of sp³-hybridized carbons (Fsp3) is 0.308. The molecule has 2 aromatic carbocycles. The Balaban J connectivity index is 1.40. The summed E-state index contributed by atoms with van der Waals surface area (Å²) >= 11 is 0. The first-order valence-corrected chi connectivity index (χ1v) is 12.2. The lowest BCUT2D eigenvalue weighted by atomic mass is 9.88. The minimum Gasteiger partial charge on any atom is -0.317 e. The molecule has 0 saturated heterocycles. The van der Waals surface area contributed by atoms with Gasteiger partial charge in [0.15, 0.2) is 11.2 Å². The molecule has 10 heteroatoms. The smallest absolute Gasteiger partial charge is 0.317 e. The number of imidazole rings is 1. The van der Waals surface area contributed by atoms with Crippen molar-refractivity contribution in [2.24, 2.45) is 7.05 Å². The number of hydrogen-bond donors (Lipinski definition) is 1. The standard InChI is InChI=1S/C26H26N8O2/c1-32-25(35)22-23(29-26(32)36)28-24(19-7-3-2-4-8-19)33(22)15-17-11-13-18(14-12-17)20-9-5-6-10-21(20)34-16-27-30-31-34/h5-6,9-14,16,19H,2-4,7-8,15H2,1H3,(H,29,36). The van der Waals surface area contributed by atoms with E-state index in [1.54, 1.807) is 11.0 Å². The van der Waals surface area contributed by atoms with Crippen LogP contribution in [-0.4, -0.2) is 39.3 Å². The average Bonchev–Trinajstić information content (AvgIpc) is 3.57. The molecular formula is C26H26N8O2. The van der Waals surface area contributed by atoms with Gasteiger partial charge in [-0.25, -0.2) is 9.78 Å². The lowest BCUT2D eigenvalue weighted by Crippen LogP contribution is -2.33. The summed E-state index contributed by atoms with van der Waals surface area (Å²) in [5.41, 5.74) is 4.03. The molecule has 1 aliphatic carbocycles. The number of nitrogens with one attached hydrogen (secondary N) is 1. The second-order valence-corrected chi connectivity index (χ2v) is 9.35. The van der Waals surface area contributed by atoms with Gasteiger partial charge in [0, 0.05) is 25.1 Å². The van der Waals surface area contributed by atoms with Gasteiger partial charge in [-0.1, -0.05) is 61.7 Å². The molecule has 5 aromatic rings. The maximum atomic E-state index is 13.1. The molecule has 0 spiro atoms. The number of fused-ring (bicyclic) bond motifs is 1. The molecular weight excluding hydrogens is 456 g/mol. The number of para-hydroxylation sites is 1. The van der Waals surface area contributed by atoms with Crippen LogP contribution in [0.3, 0.4) is 0 Å². The summed E-state index contributed by atoms with van der Waals surface area (Å²) in [6, 6.07) is 16.2. The first-order valence-electron chi connectivity index (χ1n) is 12.2. The van der Waals surface area contributed by atoms with Gasteiger partial charge in [0.1, 0.15) is 12.2 Å². The van der Waals surface area contributed by atoms with E-state index in [4.69, 9.17) is 4.98 Å².